The third kappa shape index (κ3) is 7.52. The van der Waals surface area contributed by atoms with E-state index in [-0.39, 0.29) is 19.6 Å². The highest BCUT2D eigenvalue weighted by atomic mass is 16.6. The minimum Gasteiger partial charge on any atom is -0.489 e. The van der Waals surface area contributed by atoms with E-state index in [0.29, 0.717) is 18.1 Å². The van der Waals surface area contributed by atoms with Crippen molar-refractivity contribution >= 4 is 11.9 Å². The fourth-order valence-corrected chi connectivity index (χ4v) is 2.71. The van der Waals surface area contributed by atoms with E-state index in [0.717, 1.165) is 11.1 Å². The normalized spacial score (nSPS) is 10.8. The molecule has 31 heavy (non-hydrogen) atoms. The van der Waals surface area contributed by atoms with Crippen LogP contribution in [0.25, 0.3) is 4.85 Å². The summed E-state index contributed by atoms with van der Waals surface area (Å²) >= 11 is 0. The topological polar surface area (TPSA) is 78.2 Å². The van der Waals surface area contributed by atoms with Crippen molar-refractivity contribution in [2.24, 2.45) is 0 Å². The maximum atomic E-state index is 12.1. The first-order chi connectivity index (χ1) is 15.1. The molecule has 0 saturated heterocycles. The number of benzene rings is 2. The van der Waals surface area contributed by atoms with E-state index in [1.54, 1.807) is 13.8 Å². The Balaban J connectivity index is 2.12. The summed E-state index contributed by atoms with van der Waals surface area (Å²) in [6.07, 6.45) is 1.61. The first kappa shape index (κ1) is 23.5. The predicted octanol–water partition coefficient (Wildman–Crippen LogP) is 3.65. The molecule has 0 aliphatic rings. The summed E-state index contributed by atoms with van der Waals surface area (Å²) in [4.78, 5) is 27.7. The van der Waals surface area contributed by atoms with Gasteiger partial charge in [-0.1, -0.05) is 48.5 Å². The van der Waals surface area contributed by atoms with E-state index in [4.69, 9.17) is 20.8 Å². The van der Waals surface area contributed by atoms with Crippen molar-refractivity contribution in [3.8, 4) is 5.75 Å². The lowest BCUT2D eigenvalue weighted by molar-refractivity contribution is -0.157. The van der Waals surface area contributed by atoms with Gasteiger partial charge in [0.2, 0.25) is 6.04 Å². The van der Waals surface area contributed by atoms with Gasteiger partial charge in [0.05, 0.1) is 19.8 Å². The summed E-state index contributed by atoms with van der Waals surface area (Å²) in [6, 6.07) is 15.9. The number of carbonyl (C=O) groups excluding carboxylic acids is 2. The second-order valence-corrected chi connectivity index (χ2v) is 6.41. The van der Waals surface area contributed by atoms with Crippen LogP contribution in [0.2, 0.25) is 0 Å². The average Bonchev–Trinajstić information content (AvgIpc) is 2.78. The summed E-state index contributed by atoms with van der Waals surface area (Å²) in [5, 5.41) is 2.67. The van der Waals surface area contributed by atoms with Crippen molar-refractivity contribution in [2.75, 3.05) is 13.2 Å². The zero-order chi connectivity index (χ0) is 22.5. The van der Waals surface area contributed by atoms with Crippen molar-refractivity contribution in [1.29, 1.82) is 0 Å². The van der Waals surface area contributed by atoms with Crippen LogP contribution in [0.15, 0.2) is 66.5 Å². The van der Waals surface area contributed by atoms with Gasteiger partial charge in [-0.3, -0.25) is 0 Å². The number of nitrogens with one attached hydrogen (secondary N) is 1. The molecule has 7 heteroatoms. The van der Waals surface area contributed by atoms with Crippen LogP contribution < -0.4 is 10.1 Å². The second-order valence-electron chi connectivity index (χ2n) is 6.41. The fourth-order valence-electron chi connectivity index (χ4n) is 2.71. The highest BCUT2D eigenvalue weighted by molar-refractivity contribution is 5.99. The van der Waals surface area contributed by atoms with Crippen LogP contribution in [0.5, 0.6) is 5.75 Å². The largest absolute Gasteiger partial charge is 0.489 e. The van der Waals surface area contributed by atoms with E-state index < -0.39 is 18.0 Å². The quantitative estimate of drug-likeness (QED) is 0.338. The van der Waals surface area contributed by atoms with Gasteiger partial charge in [-0.15, -0.1) is 0 Å². The third-order valence-corrected chi connectivity index (χ3v) is 4.19. The Hall–Kier alpha value is -3.79. The zero-order valence-corrected chi connectivity index (χ0v) is 17.7. The zero-order valence-electron chi connectivity index (χ0n) is 17.7. The van der Waals surface area contributed by atoms with Crippen LogP contribution in [0, 0.1) is 6.57 Å². The number of carbonyl (C=O) groups is 2. The summed E-state index contributed by atoms with van der Waals surface area (Å²) in [6.45, 7) is 11.4. The molecule has 0 aliphatic heterocycles. The van der Waals surface area contributed by atoms with Crippen molar-refractivity contribution in [3.63, 3.8) is 0 Å². The van der Waals surface area contributed by atoms with Crippen LogP contribution in [-0.2, 0) is 32.1 Å². The first-order valence-corrected chi connectivity index (χ1v) is 9.99. The molecule has 7 nitrogen and oxygen atoms in total. The molecule has 0 aliphatic carbocycles. The van der Waals surface area contributed by atoms with Gasteiger partial charge in [-0.05, 0) is 37.2 Å². The van der Waals surface area contributed by atoms with Crippen molar-refractivity contribution in [2.45, 2.75) is 32.9 Å². The molecule has 0 saturated carbocycles. The van der Waals surface area contributed by atoms with E-state index in [1.807, 2.05) is 54.6 Å². The highest BCUT2D eigenvalue weighted by Crippen LogP contribution is 2.22. The van der Waals surface area contributed by atoms with Gasteiger partial charge in [0.25, 0.3) is 0 Å². The first-order valence-electron chi connectivity index (χ1n) is 9.99. The minimum atomic E-state index is -1.33. The molecule has 0 radical (unpaired) electrons. The molecular weight excluding hydrogens is 396 g/mol. The Morgan fingerprint density at radius 3 is 2.23 bits per heavy atom. The Kier molecular flexibility index (Phi) is 9.63. The molecule has 0 amide bonds. The molecular formula is C24H26N2O5. The maximum absolute atomic E-state index is 12.1. The van der Waals surface area contributed by atoms with Crippen LogP contribution in [0.3, 0.4) is 0 Å². The third-order valence-electron chi connectivity index (χ3n) is 4.19. The molecule has 0 heterocycles. The van der Waals surface area contributed by atoms with Crippen LogP contribution in [0.4, 0.5) is 0 Å². The molecule has 0 atom stereocenters. The van der Waals surface area contributed by atoms with Gasteiger partial charge in [0.1, 0.15) is 12.4 Å². The number of nitrogens with zero attached hydrogens (tertiary/aromatic N) is 1. The Morgan fingerprint density at radius 1 is 1.00 bits per heavy atom. The summed E-state index contributed by atoms with van der Waals surface area (Å²) in [5.41, 5.74) is 2.15. The van der Waals surface area contributed by atoms with E-state index in [9.17, 15) is 9.59 Å². The number of para-hydroxylation sites is 1. The lowest BCUT2D eigenvalue weighted by atomic mass is 10.1. The minimum absolute atomic E-state index is 0.127. The second kappa shape index (κ2) is 12.7. The lowest BCUT2D eigenvalue weighted by Crippen LogP contribution is -2.43. The van der Waals surface area contributed by atoms with Gasteiger partial charge >= 0.3 is 11.9 Å². The Bertz CT molecular complexity index is 916. The molecule has 0 unspecified atom stereocenters. The summed E-state index contributed by atoms with van der Waals surface area (Å²) in [5.74, 6) is -0.852. The smallest absolute Gasteiger partial charge is 0.340 e. The molecule has 0 aromatic heterocycles. The van der Waals surface area contributed by atoms with Crippen molar-refractivity contribution < 1.29 is 23.8 Å². The van der Waals surface area contributed by atoms with Crippen LogP contribution in [-0.4, -0.2) is 31.2 Å². The van der Waals surface area contributed by atoms with E-state index in [2.05, 4.69) is 10.2 Å². The van der Waals surface area contributed by atoms with Gasteiger partial charge in [-0.25, -0.2) is 14.4 Å². The molecule has 1 N–H and O–H groups in total. The van der Waals surface area contributed by atoms with Crippen LogP contribution in [0.1, 0.15) is 25.0 Å². The molecule has 2 aromatic rings. The van der Waals surface area contributed by atoms with Gasteiger partial charge in [-0.2, -0.15) is 0 Å². The summed E-state index contributed by atoms with van der Waals surface area (Å²) < 4.78 is 15.8. The molecule has 2 rings (SSSR count). The average molecular weight is 422 g/mol. The van der Waals surface area contributed by atoms with Crippen LogP contribution >= 0.6 is 0 Å². The molecule has 0 fully saturated rings. The lowest BCUT2D eigenvalue weighted by Gasteiger charge is -2.15. The molecule has 0 spiro atoms. The number of hydrogen-bond acceptors (Lipinski definition) is 6. The Morgan fingerprint density at radius 2 is 1.61 bits per heavy atom. The predicted molar refractivity (Wildman–Crippen MR) is 116 cm³/mol. The van der Waals surface area contributed by atoms with Gasteiger partial charge < -0.3 is 19.5 Å². The number of hydrogen-bond donors (Lipinski definition) is 1. The molecule has 162 valence electrons. The standard InChI is InChI=1S/C24H26N2O5/c1-4-29-23(27)22(24(28)30-5-2)26-16-20(25-3)15-19-13-9-10-14-21(19)31-17-18-11-7-6-8-12-18/h6-14,16,22,26H,4-5,15,17H2,1-2H3/b20-16-. The SMILES string of the molecule is [C-]#[N+]/C(=C\NC(C(=O)OCC)C(=O)OCC)Cc1ccccc1OCc1ccccc1. The fraction of sp³-hybridized carbons (Fsp3) is 0.292. The monoisotopic (exact) mass is 422 g/mol. The number of rotatable bonds is 11. The number of esters is 2. The van der Waals surface area contributed by atoms with E-state index in [1.165, 1.54) is 6.20 Å². The number of ether oxygens (including phenoxy) is 3. The Labute approximate surface area is 182 Å². The van der Waals surface area contributed by atoms with E-state index >= 15 is 0 Å². The number of allylic oxidation sites excluding steroid dienone is 1. The van der Waals surface area contributed by atoms with Gasteiger partial charge in [0.15, 0.2) is 5.70 Å². The van der Waals surface area contributed by atoms with Crippen molar-refractivity contribution in [1.82, 2.24) is 5.32 Å². The maximum Gasteiger partial charge on any atom is 0.340 e. The molecule has 0 bridgehead atoms. The summed E-state index contributed by atoms with van der Waals surface area (Å²) in [7, 11) is 0. The van der Waals surface area contributed by atoms with Gasteiger partial charge in [0, 0.05) is 6.42 Å². The molecule has 2 aromatic carbocycles. The highest BCUT2D eigenvalue weighted by Gasteiger charge is 2.28. The van der Waals surface area contributed by atoms with Crippen molar-refractivity contribution in [3.05, 3.63) is 89.0 Å².